The van der Waals surface area contributed by atoms with Crippen LogP contribution >= 0.6 is 0 Å². The minimum atomic E-state index is 0.348. The highest BCUT2D eigenvalue weighted by Crippen LogP contribution is 2.40. The molecule has 2 aliphatic carbocycles. The first kappa shape index (κ1) is 12.4. The summed E-state index contributed by atoms with van der Waals surface area (Å²) in [5, 5.41) is 0. The molecule has 0 aliphatic heterocycles. The summed E-state index contributed by atoms with van der Waals surface area (Å²) in [4.78, 5) is 2.74. The smallest absolute Gasteiger partial charge is 0.0334 e. The molecule has 0 aromatic carbocycles. The fraction of sp³-hybridized carbons (Fsp3) is 1.00. The second-order valence-corrected chi connectivity index (χ2v) is 5.98. The maximum absolute atomic E-state index is 6.15. The van der Waals surface area contributed by atoms with Crippen LogP contribution in [0.2, 0.25) is 0 Å². The van der Waals surface area contributed by atoms with Crippen LogP contribution in [0.5, 0.6) is 0 Å². The molecule has 2 saturated carbocycles. The molecule has 2 heteroatoms. The Labute approximate surface area is 101 Å². The molecule has 16 heavy (non-hydrogen) atoms. The third kappa shape index (κ3) is 2.43. The van der Waals surface area contributed by atoms with Crippen molar-refractivity contribution < 1.29 is 0 Å². The molecular formula is C14H28N2. The van der Waals surface area contributed by atoms with Gasteiger partial charge >= 0.3 is 0 Å². The summed E-state index contributed by atoms with van der Waals surface area (Å²) in [5.41, 5.74) is 6.50. The summed E-state index contributed by atoms with van der Waals surface area (Å²) in [6.45, 7) is 6.77. The van der Waals surface area contributed by atoms with Crippen molar-refractivity contribution in [2.75, 3.05) is 13.1 Å². The van der Waals surface area contributed by atoms with E-state index in [1.165, 1.54) is 51.5 Å². The summed E-state index contributed by atoms with van der Waals surface area (Å²) < 4.78 is 0. The Morgan fingerprint density at radius 1 is 1.19 bits per heavy atom. The largest absolute Gasteiger partial charge is 0.329 e. The molecular weight excluding hydrogens is 196 g/mol. The number of hydrogen-bond acceptors (Lipinski definition) is 2. The van der Waals surface area contributed by atoms with Crippen LogP contribution in [0.4, 0.5) is 0 Å². The molecule has 94 valence electrons. The summed E-state index contributed by atoms with van der Waals surface area (Å²) in [5.74, 6) is 0.909. The number of likely N-dealkylation sites (N-methyl/N-ethyl adjacent to an activating group) is 1. The number of nitrogens with two attached hydrogens (primary N) is 1. The predicted molar refractivity (Wildman–Crippen MR) is 69.4 cm³/mol. The van der Waals surface area contributed by atoms with Crippen molar-refractivity contribution in [3.8, 4) is 0 Å². The van der Waals surface area contributed by atoms with Crippen LogP contribution in [0.1, 0.15) is 58.8 Å². The van der Waals surface area contributed by atoms with Crippen molar-refractivity contribution in [1.29, 1.82) is 0 Å². The highest BCUT2D eigenvalue weighted by molar-refractivity contribution is 5.00. The summed E-state index contributed by atoms with van der Waals surface area (Å²) in [7, 11) is 0. The summed E-state index contributed by atoms with van der Waals surface area (Å²) in [6, 6.07) is 0.863. The molecule has 2 fully saturated rings. The van der Waals surface area contributed by atoms with Gasteiger partial charge in [0.25, 0.3) is 0 Å². The molecule has 0 radical (unpaired) electrons. The van der Waals surface area contributed by atoms with Crippen molar-refractivity contribution in [2.24, 2.45) is 11.7 Å². The van der Waals surface area contributed by atoms with Gasteiger partial charge < -0.3 is 5.73 Å². The predicted octanol–water partition coefficient (Wildman–Crippen LogP) is 2.77. The molecule has 0 amide bonds. The Hall–Kier alpha value is -0.0800. The van der Waals surface area contributed by atoms with E-state index in [2.05, 4.69) is 18.7 Å². The monoisotopic (exact) mass is 224 g/mol. The zero-order valence-electron chi connectivity index (χ0n) is 11.0. The Balaban J connectivity index is 2.09. The van der Waals surface area contributed by atoms with E-state index in [9.17, 15) is 0 Å². The van der Waals surface area contributed by atoms with E-state index in [0.717, 1.165) is 18.5 Å². The molecule has 0 saturated heterocycles. The van der Waals surface area contributed by atoms with Gasteiger partial charge in [0.15, 0.2) is 0 Å². The summed E-state index contributed by atoms with van der Waals surface area (Å²) in [6.07, 6.45) is 9.63. The zero-order valence-corrected chi connectivity index (χ0v) is 11.0. The first-order valence-electron chi connectivity index (χ1n) is 7.18. The molecule has 2 N–H and O–H groups in total. The maximum Gasteiger partial charge on any atom is 0.0334 e. The normalized spacial score (nSPS) is 36.4. The lowest BCUT2D eigenvalue weighted by Gasteiger charge is -2.43. The van der Waals surface area contributed by atoms with Gasteiger partial charge in [0.1, 0.15) is 0 Å². The van der Waals surface area contributed by atoms with Gasteiger partial charge in [-0.1, -0.05) is 26.7 Å². The quantitative estimate of drug-likeness (QED) is 0.744. The van der Waals surface area contributed by atoms with Gasteiger partial charge in [0.2, 0.25) is 0 Å². The fourth-order valence-electron chi connectivity index (χ4n) is 3.54. The number of rotatable bonds is 4. The lowest BCUT2D eigenvalue weighted by atomic mass is 9.87. The van der Waals surface area contributed by atoms with Crippen LogP contribution in [0.25, 0.3) is 0 Å². The lowest BCUT2D eigenvalue weighted by Crippen LogP contribution is -2.54. The van der Waals surface area contributed by atoms with Gasteiger partial charge in [-0.05, 0) is 44.6 Å². The van der Waals surface area contributed by atoms with Crippen LogP contribution in [0.15, 0.2) is 0 Å². The molecule has 2 atom stereocenters. The third-order valence-electron chi connectivity index (χ3n) is 4.76. The molecule has 2 aliphatic rings. The van der Waals surface area contributed by atoms with Gasteiger partial charge in [-0.25, -0.2) is 0 Å². The Bertz CT molecular complexity index is 225. The third-order valence-corrected chi connectivity index (χ3v) is 4.76. The van der Waals surface area contributed by atoms with Crippen molar-refractivity contribution in [2.45, 2.75) is 70.4 Å². The van der Waals surface area contributed by atoms with Gasteiger partial charge in [-0.2, -0.15) is 0 Å². The van der Waals surface area contributed by atoms with E-state index in [4.69, 9.17) is 5.73 Å². The van der Waals surface area contributed by atoms with Gasteiger partial charge in [-0.3, -0.25) is 4.90 Å². The molecule has 0 aromatic rings. The summed E-state index contributed by atoms with van der Waals surface area (Å²) >= 11 is 0. The van der Waals surface area contributed by atoms with E-state index in [-0.39, 0.29) is 0 Å². The molecule has 2 nitrogen and oxygen atoms in total. The molecule has 0 bridgehead atoms. The molecule has 0 aromatic heterocycles. The van der Waals surface area contributed by atoms with E-state index < -0.39 is 0 Å². The van der Waals surface area contributed by atoms with Gasteiger partial charge in [0, 0.05) is 18.1 Å². The van der Waals surface area contributed by atoms with Gasteiger partial charge in [-0.15, -0.1) is 0 Å². The van der Waals surface area contributed by atoms with E-state index >= 15 is 0 Å². The molecule has 2 unspecified atom stereocenters. The molecule has 0 spiro atoms. The van der Waals surface area contributed by atoms with E-state index in [0.29, 0.717) is 5.54 Å². The molecule has 2 rings (SSSR count). The zero-order chi connectivity index (χ0) is 11.6. The van der Waals surface area contributed by atoms with Crippen LogP contribution in [-0.2, 0) is 0 Å². The average Bonchev–Trinajstić information content (AvgIpc) is 3.10. The van der Waals surface area contributed by atoms with Crippen LogP contribution in [0.3, 0.4) is 0 Å². The number of hydrogen-bond donors (Lipinski definition) is 1. The first-order valence-corrected chi connectivity index (χ1v) is 7.18. The second kappa shape index (κ2) is 5.05. The maximum atomic E-state index is 6.15. The van der Waals surface area contributed by atoms with Crippen molar-refractivity contribution >= 4 is 0 Å². The topological polar surface area (TPSA) is 29.3 Å². The highest BCUT2D eigenvalue weighted by atomic mass is 15.3. The standard InChI is InChI=1S/C14H28N2/c1-3-16(13-6-7-13)14(11-15)9-4-5-12(2)8-10-14/h12-13H,3-11,15H2,1-2H3. The fourth-order valence-corrected chi connectivity index (χ4v) is 3.54. The Morgan fingerprint density at radius 3 is 2.50 bits per heavy atom. The minimum Gasteiger partial charge on any atom is -0.329 e. The SMILES string of the molecule is CCN(C1CC1)C1(CN)CCCC(C)CC1. The number of nitrogens with zero attached hydrogens (tertiary/aromatic N) is 1. The Kier molecular flexibility index (Phi) is 3.91. The van der Waals surface area contributed by atoms with Gasteiger partial charge in [0.05, 0.1) is 0 Å². The van der Waals surface area contributed by atoms with Crippen LogP contribution < -0.4 is 5.73 Å². The second-order valence-electron chi connectivity index (χ2n) is 5.98. The molecule has 0 heterocycles. The minimum absolute atomic E-state index is 0.348. The first-order chi connectivity index (χ1) is 7.72. The van der Waals surface area contributed by atoms with E-state index in [1.54, 1.807) is 0 Å². The van der Waals surface area contributed by atoms with Crippen molar-refractivity contribution in [3.63, 3.8) is 0 Å². The van der Waals surface area contributed by atoms with Crippen LogP contribution in [0, 0.1) is 5.92 Å². The van der Waals surface area contributed by atoms with Crippen molar-refractivity contribution in [1.82, 2.24) is 4.90 Å². The Morgan fingerprint density at radius 2 is 1.94 bits per heavy atom. The van der Waals surface area contributed by atoms with Crippen LogP contribution in [-0.4, -0.2) is 29.6 Å². The lowest BCUT2D eigenvalue weighted by molar-refractivity contribution is 0.0743. The highest BCUT2D eigenvalue weighted by Gasteiger charge is 2.42. The average molecular weight is 224 g/mol. The van der Waals surface area contributed by atoms with Crippen molar-refractivity contribution in [3.05, 3.63) is 0 Å². The van der Waals surface area contributed by atoms with E-state index in [1.807, 2.05) is 0 Å².